The van der Waals surface area contributed by atoms with Crippen LogP contribution in [0.4, 0.5) is 5.95 Å². The van der Waals surface area contributed by atoms with Crippen LogP contribution in [-0.2, 0) is 23.1 Å². The lowest BCUT2D eigenvalue weighted by atomic mass is 10.0. The van der Waals surface area contributed by atoms with E-state index in [1.165, 1.54) is 4.57 Å². The van der Waals surface area contributed by atoms with Crippen LogP contribution in [0.5, 0.6) is 5.75 Å². The normalized spacial score (nSPS) is 18.2. The Labute approximate surface area is 167 Å². The van der Waals surface area contributed by atoms with E-state index in [9.17, 15) is 14.7 Å². The van der Waals surface area contributed by atoms with E-state index >= 15 is 0 Å². The van der Waals surface area contributed by atoms with Crippen LogP contribution >= 0.6 is 0 Å². The number of hydrogen-bond donors (Lipinski definition) is 1. The summed E-state index contributed by atoms with van der Waals surface area (Å²) in [7, 11) is 1.57. The second-order valence-corrected chi connectivity index (χ2v) is 7.13. The molecular formula is C20H23N3O6. The van der Waals surface area contributed by atoms with E-state index in [1.807, 2.05) is 35.2 Å². The minimum atomic E-state index is -1.30. The number of anilines is 1. The lowest BCUT2D eigenvalue weighted by Crippen LogP contribution is -2.47. The van der Waals surface area contributed by atoms with E-state index in [0.717, 1.165) is 5.56 Å². The fourth-order valence-corrected chi connectivity index (χ4v) is 3.69. The first-order valence-electron chi connectivity index (χ1n) is 9.53. The molecule has 0 bridgehead atoms. The third kappa shape index (κ3) is 3.83. The average molecular weight is 401 g/mol. The fourth-order valence-electron chi connectivity index (χ4n) is 3.69. The number of carboxylic acids is 1. The first-order chi connectivity index (χ1) is 14.0. The van der Waals surface area contributed by atoms with Crippen LogP contribution in [0.1, 0.15) is 28.9 Å². The molecule has 29 heavy (non-hydrogen) atoms. The minimum absolute atomic E-state index is 0.0816. The highest BCUT2D eigenvalue weighted by Crippen LogP contribution is 2.32. The van der Waals surface area contributed by atoms with Gasteiger partial charge in [0.2, 0.25) is 11.7 Å². The summed E-state index contributed by atoms with van der Waals surface area (Å²) in [6.07, 6.45) is 1.25. The van der Waals surface area contributed by atoms with Gasteiger partial charge in [0.15, 0.2) is 11.5 Å². The second-order valence-electron chi connectivity index (χ2n) is 7.13. The SMILES string of the molecule is Cn1c(N2CCC3(CC2)OCCO3)nc(C(=O)O)c(OCc2ccccc2)c1=O. The van der Waals surface area contributed by atoms with Gasteiger partial charge in [-0.25, -0.2) is 9.78 Å². The van der Waals surface area contributed by atoms with Crippen LogP contribution < -0.4 is 15.2 Å². The number of aromatic nitrogens is 2. The van der Waals surface area contributed by atoms with Crippen molar-refractivity contribution < 1.29 is 24.1 Å². The summed E-state index contributed by atoms with van der Waals surface area (Å²) in [5.74, 6) is -1.83. The molecule has 0 radical (unpaired) electrons. The molecule has 2 aliphatic rings. The zero-order valence-electron chi connectivity index (χ0n) is 16.2. The van der Waals surface area contributed by atoms with Crippen LogP contribution in [0, 0.1) is 0 Å². The summed E-state index contributed by atoms with van der Waals surface area (Å²) in [6.45, 7) is 2.33. The molecule has 0 atom stereocenters. The Morgan fingerprint density at radius 3 is 2.48 bits per heavy atom. The summed E-state index contributed by atoms with van der Waals surface area (Å²) in [5, 5.41) is 9.62. The largest absolute Gasteiger partial charge is 0.481 e. The van der Waals surface area contributed by atoms with Gasteiger partial charge in [0.25, 0.3) is 5.56 Å². The molecule has 0 amide bonds. The lowest BCUT2D eigenvalue weighted by Gasteiger charge is -2.38. The van der Waals surface area contributed by atoms with Gasteiger partial charge in [-0.3, -0.25) is 9.36 Å². The first-order valence-corrected chi connectivity index (χ1v) is 9.53. The predicted molar refractivity (Wildman–Crippen MR) is 103 cm³/mol. The molecule has 2 saturated heterocycles. The zero-order valence-corrected chi connectivity index (χ0v) is 16.2. The van der Waals surface area contributed by atoms with E-state index in [0.29, 0.717) is 45.1 Å². The Balaban J connectivity index is 1.59. The van der Waals surface area contributed by atoms with Gasteiger partial charge in [0, 0.05) is 33.0 Å². The molecule has 9 nitrogen and oxygen atoms in total. The molecule has 1 aromatic carbocycles. The Hall–Kier alpha value is -2.91. The second kappa shape index (κ2) is 7.84. The van der Waals surface area contributed by atoms with Crippen molar-refractivity contribution in [1.82, 2.24) is 9.55 Å². The lowest BCUT2D eigenvalue weighted by molar-refractivity contribution is -0.169. The topological polar surface area (TPSA) is 103 Å². The van der Waals surface area contributed by atoms with Crippen molar-refractivity contribution >= 4 is 11.9 Å². The Morgan fingerprint density at radius 1 is 1.21 bits per heavy atom. The third-order valence-corrected chi connectivity index (χ3v) is 5.28. The molecule has 1 aromatic heterocycles. The maximum Gasteiger partial charge on any atom is 0.358 e. The van der Waals surface area contributed by atoms with Gasteiger partial charge in [-0.05, 0) is 5.56 Å². The van der Waals surface area contributed by atoms with Crippen LogP contribution in [-0.4, -0.2) is 52.7 Å². The highest BCUT2D eigenvalue weighted by molar-refractivity contribution is 5.88. The van der Waals surface area contributed by atoms with Crippen LogP contribution in [0.2, 0.25) is 0 Å². The van der Waals surface area contributed by atoms with Gasteiger partial charge in [0.05, 0.1) is 13.2 Å². The predicted octanol–water partition coefficient (Wildman–Crippen LogP) is 1.40. The van der Waals surface area contributed by atoms with Crippen molar-refractivity contribution in [3.05, 3.63) is 51.9 Å². The molecule has 0 aliphatic carbocycles. The number of carboxylic acid groups (broad SMARTS) is 1. The molecule has 2 aromatic rings. The molecule has 3 heterocycles. The molecule has 0 unspecified atom stereocenters. The molecule has 0 saturated carbocycles. The molecule has 2 aliphatic heterocycles. The van der Waals surface area contributed by atoms with Gasteiger partial charge >= 0.3 is 5.97 Å². The number of rotatable bonds is 5. The molecular weight excluding hydrogens is 378 g/mol. The quantitative estimate of drug-likeness (QED) is 0.802. The van der Waals surface area contributed by atoms with Crippen LogP contribution in [0.3, 0.4) is 0 Å². The Morgan fingerprint density at radius 2 is 1.86 bits per heavy atom. The van der Waals surface area contributed by atoms with Gasteiger partial charge in [-0.1, -0.05) is 30.3 Å². The maximum absolute atomic E-state index is 12.9. The number of nitrogens with zero attached hydrogens (tertiary/aromatic N) is 3. The van der Waals surface area contributed by atoms with Crippen molar-refractivity contribution in [2.24, 2.45) is 7.05 Å². The number of piperidine rings is 1. The number of aromatic carboxylic acids is 1. The van der Waals surface area contributed by atoms with Gasteiger partial charge in [-0.2, -0.15) is 0 Å². The smallest absolute Gasteiger partial charge is 0.358 e. The molecule has 1 N–H and O–H groups in total. The maximum atomic E-state index is 12.9. The van der Waals surface area contributed by atoms with E-state index in [1.54, 1.807) is 7.05 Å². The number of hydrogen-bond acceptors (Lipinski definition) is 7. The first kappa shape index (κ1) is 19.4. The summed E-state index contributed by atoms with van der Waals surface area (Å²) < 4.78 is 18.4. The van der Waals surface area contributed by atoms with Crippen molar-refractivity contribution in [1.29, 1.82) is 0 Å². The van der Waals surface area contributed by atoms with Gasteiger partial charge < -0.3 is 24.2 Å². The molecule has 4 rings (SSSR count). The Kier molecular flexibility index (Phi) is 5.25. The molecule has 1 spiro atoms. The minimum Gasteiger partial charge on any atom is -0.481 e. The van der Waals surface area contributed by atoms with Gasteiger partial charge in [-0.15, -0.1) is 0 Å². The van der Waals surface area contributed by atoms with Crippen LogP contribution in [0.25, 0.3) is 0 Å². The summed E-state index contributed by atoms with van der Waals surface area (Å²) in [5.41, 5.74) is -0.0856. The van der Waals surface area contributed by atoms with E-state index in [2.05, 4.69) is 4.98 Å². The van der Waals surface area contributed by atoms with Crippen LogP contribution in [0.15, 0.2) is 35.1 Å². The van der Waals surface area contributed by atoms with E-state index in [-0.39, 0.29) is 18.1 Å². The number of benzene rings is 1. The summed E-state index contributed by atoms with van der Waals surface area (Å²) in [4.78, 5) is 30.8. The van der Waals surface area contributed by atoms with Crippen molar-refractivity contribution in [2.75, 3.05) is 31.2 Å². The number of ether oxygens (including phenoxy) is 3. The number of carbonyl (C=O) groups is 1. The van der Waals surface area contributed by atoms with Crippen molar-refractivity contribution in [3.8, 4) is 5.75 Å². The average Bonchev–Trinajstić information content (AvgIpc) is 3.18. The monoisotopic (exact) mass is 401 g/mol. The van der Waals surface area contributed by atoms with E-state index < -0.39 is 17.3 Å². The van der Waals surface area contributed by atoms with Crippen molar-refractivity contribution in [2.45, 2.75) is 25.2 Å². The summed E-state index contributed by atoms with van der Waals surface area (Å²) in [6, 6.07) is 9.23. The van der Waals surface area contributed by atoms with E-state index in [4.69, 9.17) is 14.2 Å². The van der Waals surface area contributed by atoms with Crippen molar-refractivity contribution in [3.63, 3.8) is 0 Å². The highest BCUT2D eigenvalue weighted by Gasteiger charge is 2.40. The summed E-state index contributed by atoms with van der Waals surface area (Å²) >= 11 is 0. The van der Waals surface area contributed by atoms with Gasteiger partial charge in [0.1, 0.15) is 6.61 Å². The molecule has 2 fully saturated rings. The Bertz CT molecular complexity index is 943. The standard InChI is InChI=1S/C20H23N3O6/c1-22-17(24)16(27-13-14-5-3-2-4-6-14)15(18(25)26)21-19(22)23-9-7-20(8-10-23)28-11-12-29-20/h2-6H,7-13H2,1H3,(H,25,26). The highest BCUT2D eigenvalue weighted by atomic mass is 16.7. The zero-order chi connectivity index (χ0) is 20.4. The molecule has 154 valence electrons. The molecule has 9 heteroatoms. The fraction of sp³-hybridized carbons (Fsp3) is 0.450. The third-order valence-electron chi connectivity index (χ3n) is 5.28.